The van der Waals surface area contributed by atoms with Crippen LogP contribution < -0.4 is 24.8 Å². The number of rotatable bonds is 11. The molecule has 5 rings (SSSR count). The van der Waals surface area contributed by atoms with Crippen molar-refractivity contribution >= 4 is 33.7 Å². The third-order valence-corrected chi connectivity index (χ3v) is 6.15. The molecule has 0 saturated heterocycles. The first-order valence-electron chi connectivity index (χ1n) is 12.4. The Bertz CT molecular complexity index is 1600. The molecule has 5 aromatic rings. The van der Waals surface area contributed by atoms with Crippen LogP contribution in [0.25, 0.3) is 21.8 Å². The fraction of sp³-hybridized carbons (Fsp3) is 0.250. The number of aromatic nitrogens is 5. The van der Waals surface area contributed by atoms with Crippen molar-refractivity contribution in [1.29, 1.82) is 0 Å². The Morgan fingerprint density at radius 1 is 0.795 bits per heavy atom. The standard InChI is InChI=1S/C28H29N7O4/c1-17-20-15-24(37-2)25(38-3)16-23(20)33-27(31-17)35-28-32-22-5-4-19(14-21(22)26(36)34-28)39-13-12-30-11-8-18-6-9-29-10-7-18/h4-7,9-10,14-16,30H,8,11-13H2,1-3H3,(H2,31,32,33,34,35,36). The molecule has 3 aromatic heterocycles. The molecule has 0 saturated carbocycles. The van der Waals surface area contributed by atoms with Crippen molar-refractivity contribution in [3.63, 3.8) is 0 Å². The second kappa shape index (κ2) is 11.7. The molecule has 39 heavy (non-hydrogen) atoms. The van der Waals surface area contributed by atoms with E-state index < -0.39 is 0 Å². The molecule has 0 unspecified atom stereocenters. The Hall–Kier alpha value is -4.77. The highest BCUT2D eigenvalue weighted by molar-refractivity contribution is 5.87. The number of benzene rings is 2. The van der Waals surface area contributed by atoms with E-state index in [0.717, 1.165) is 24.0 Å². The SMILES string of the molecule is COc1cc2nc(Nc3nc(O)c4cc(OCCNCCc5ccncc5)ccc4n3)nc(C)c2cc1OC. The lowest BCUT2D eigenvalue weighted by Gasteiger charge is -2.12. The number of anilines is 2. The highest BCUT2D eigenvalue weighted by Gasteiger charge is 2.14. The minimum atomic E-state index is -0.174. The lowest BCUT2D eigenvalue weighted by atomic mass is 10.1. The Morgan fingerprint density at radius 2 is 1.54 bits per heavy atom. The van der Waals surface area contributed by atoms with Gasteiger partial charge in [0.25, 0.3) is 0 Å². The van der Waals surface area contributed by atoms with Gasteiger partial charge in [0.15, 0.2) is 11.5 Å². The molecule has 11 heteroatoms. The van der Waals surface area contributed by atoms with E-state index in [9.17, 15) is 5.11 Å². The number of hydrogen-bond acceptors (Lipinski definition) is 11. The molecule has 0 aliphatic heterocycles. The van der Waals surface area contributed by atoms with Crippen molar-refractivity contribution in [1.82, 2.24) is 30.2 Å². The lowest BCUT2D eigenvalue weighted by molar-refractivity contribution is 0.315. The molecule has 0 bridgehead atoms. The molecule has 200 valence electrons. The summed E-state index contributed by atoms with van der Waals surface area (Å²) in [7, 11) is 3.15. The minimum absolute atomic E-state index is 0.172. The van der Waals surface area contributed by atoms with Crippen LogP contribution in [-0.2, 0) is 6.42 Å². The number of pyridine rings is 1. The summed E-state index contributed by atoms with van der Waals surface area (Å²) in [5, 5.41) is 18.3. The second-order valence-corrected chi connectivity index (χ2v) is 8.74. The van der Waals surface area contributed by atoms with Gasteiger partial charge in [0, 0.05) is 30.4 Å². The van der Waals surface area contributed by atoms with Crippen LogP contribution in [-0.4, -0.2) is 63.9 Å². The Balaban J connectivity index is 1.24. The Labute approximate surface area is 225 Å². The van der Waals surface area contributed by atoms with Crippen LogP contribution in [0, 0.1) is 6.92 Å². The maximum absolute atomic E-state index is 10.6. The van der Waals surface area contributed by atoms with Crippen LogP contribution in [0.15, 0.2) is 54.9 Å². The highest BCUT2D eigenvalue weighted by atomic mass is 16.5. The first-order chi connectivity index (χ1) is 19.0. The van der Waals surface area contributed by atoms with Crippen molar-refractivity contribution in [3.8, 4) is 23.1 Å². The third kappa shape index (κ3) is 6.04. The van der Waals surface area contributed by atoms with Crippen LogP contribution in [0.1, 0.15) is 11.3 Å². The van der Waals surface area contributed by atoms with E-state index >= 15 is 0 Å². The fourth-order valence-electron chi connectivity index (χ4n) is 4.15. The van der Waals surface area contributed by atoms with Gasteiger partial charge in [-0.15, -0.1) is 0 Å². The summed E-state index contributed by atoms with van der Waals surface area (Å²) < 4.78 is 16.6. The highest BCUT2D eigenvalue weighted by Crippen LogP contribution is 2.33. The topological polar surface area (TPSA) is 136 Å². The van der Waals surface area contributed by atoms with E-state index in [2.05, 4.69) is 35.6 Å². The first-order valence-corrected chi connectivity index (χ1v) is 12.4. The zero-order valence-corrected chi connectivity index (χ0v) is 21.9. The van der Waals surface area contributed by atoms with Gasteiger partial charge in [0.2, 0.25) is 17.8 Å². The number of aromatic hydroxyl groups is 1. The Morgan fingerprint density at radius 3 is 2.33 bits per heavy atom. The maximum Gasteiger partial charge on any atom is 0.233 e. The van der Waals surface area contributed by atoms with E-state index in [-0.39, 0.29) is 11.8 Å². The first kappa shape index (κ1) is 25.9. The van der Waals surface area contributed by atoms with E-state index in [1.807, 2.05) is 31.2 Å². The average molecular weight is 528 g/mol. The van der Waals surface area contributed by atoms with Gasteiger partial charge in [-0.05, 0) is 61.9 Å². The zero-order chi connectivity index (χ0) is 27.2. The van der Waals surface area contributed by atoms with E-state index in [1.165, 1.54) is 5.56 Å². The predicted octanol–water partition coefficient (Wildman–Crippen LogP) is 3.95. The van der Waals surface area contributed by atoms with Gasteiger partial charge in [0.05, 0.1) is 36.3 Å². The second-order valence-electron chi connectivity index (χ2n) is 8.74. The monoisotopic (exact) mass is 527 g/mol. The predicted molar refractivity (Wildman–Crippen MR) is 148 cm³/mol. The van der Waals surface area contributed by atoms with Crippen molar-refractivity contribution in [2.45, 2.75) is 13.3 Å². The molecule has 3 heterocycles. The number of aryl methyl sites for hydroxylation is 1. The maximum atomic E-state index is 10.6. The molecular formula is C28H29N7O4. The van der Waals surface area contributed by atoms with Crippen LogP contribution in [0.5, 0.6) is 23.1 Å². The van der Waals surface area contributed by atoms with Gasteiger partial charge in [-0.3, -0.25) is 10.3 Å². The minimum Gasteiger partial charge on any atom is -0.493 e. The average Bonchev–Trinajstić information content (AvgIpc) is 2.95. The van der Waals surface area contributed by atoms with Crippen LogP contribution >= 0.6 is 0 Å². The molecule has 0 atom stereocenters. The smallest absolute Gasteiger partial charge is 0.233 e. The van der Waals surface area contributed by atoms with Crippen molar-refractivity contribution < 1.29 is 19.3 Å². The van der Waals surface area contributed by atoms with Gasteiger partial charge in [-0.2, -0.15) is 4.98 Å². The largest absolute Gasteiger partial charge is 0.493 e. The van der Waals surface area contributed by atoms with Crippen molar-refractivity contribution in [2.24, 2.45) is 0 Å². The summed E-state index contributed by atoms with van der Waals surface area (Å²) in [6.45, 7) is 3.90. The molecule has 0 amide bonds. The van der Waals surface area contributed by atoms with Gasteiger partial charge in [-0.25, -0.2) is 15.0 Å². The van der Waals surface area contributed by atoms with Gasteiger partial charge >= 0.3 is 0 Å². The summed E-state index contributed by atoms with van der Waals surface area (Å²) in [5.41, 5.74) is 3.20. The summed E-state index contributed by atoms with van der Waals surface area (Å²) in [4.78, 5) is 21.8. The van der Waals surface area contributed by atoms with Gasteiger partial charge in [-0.1, -0.05) is 0 Å². The quantitative estimate of drug-likeness (QED) is 0.215. The van der Waals surface area contributed by atoms with Crippen LogP contribution in [0.2, 0.25) is 0 Å². The number of nitrogens with one attached hydrogen (secondary N) is 2. The number of methoxy groups -OCH3 is 2. The van der Waals surface area contributed by atoms with Crippen molar-refractivity contribution in [3.05, 3.63) is 66.1 Å². The van der Waals surface area contributed by atoms with Crippen LogP contribution in [0.3, 0.4) is 0 Å². The lowest BCUT2D eigenvalue weighted by Crippen LogP contribution is -2.23. The summed E-state index contributed by atoms with van der Waals surface area (Å²) >= 11 is 0. The molecule has 3 N–H and O–H groups in total. The van der Waals surface area contributed by atoms with Crippen LogP contribution in [0.4, 0.5) is 11.9 Å². The molecule has 2 aromatic carbocycles. The molecule has 0 radical (unpaired) electrons. The Kier molecular flexibility index (Phi) is 7.78. The summed E-state index contributed by atoms with van der Waals surface area (Å²) in [6.07, 6.45) is 4.51. The molecule has 0 aliphatic rings. The molecular weight excluding hydrogens is 498 g/mol. The van der Waals surface area contributed by atoms with Gasteiger partial charge in [0.1, 0.15) is 12.4 Å². The summed E-state index contributed by atoms with van der Waals surface area (Å²) in [5.74, 6) is 2.07. The molecule has 0 spiro atoms. The third-order valence-electron chi connectivity index (χ3n) is 6.15. The number of hydrogen-bond donors (Lipinski definition) is 3. The zero-order valence-electron chi connectivity index (χ0n) is 21.9. The fourth-order valence-corrected chi connectivity index (χ4v) is 4.15. The van der Waals surface area contributed by atoms with E-state index in [1.54, 1.807) is 44.8 Å². The van der Waals surface area contributed by atoms with E-state index in [4.69, 9.17) is 14.2 Å². The number of nitrogens with zero attached hydrogens (tertiary/aromatic N) is 5. The molecule has 0 fully saturated rings. The molecule has 11 nitrogen and oxygen atoms in total. The summed E-state index contributed by atoms with van der Waals surface area (Å²) in [6, 6.07) is 12.9. The molecule has 0 aliphatic carbocycles. The van der Waals surface area contributed by atoms with Gasteiger partial charge < -0.3 is 24.6 Å². The van der Waals surface area contributed by atoms with E-state index in [0.29, 0.717) is 52.8 Å². The number of ether oxygens (including phenoxy) is 3. The normalized spacial score (nSPS) is 11.1. The van der Waals surface area contributed by atoms with Crippen molar-refractivity contribution in [2.75, 3.05) is 39.2 Å². The number of fused-ring (bicyclic) bond motifs is 2.